The number of nitrogens with two attached hydrogens (primary N) is 1. The van der Waals surface area contributed by atoms with Crippen LogP contribution in [-0.4, -0.2) is 48.1 Å². The summed E-state index contributed by atoms with van der Waals surface area (Å²) in [4.78, 5) is 0. The van der Waals surface area contributed by atoms with E-state index in [-0.39, 0.29) is 37.7 Å². The first-order valence-corrected chi connectivity index (χ1v) is 2.18. The predicted octanol–water partition coefficient (Wildman–Crippen LogP) is 0.363. The molecule has 0 fully saturated rings. The maximum atomic E-state index is 7.13. The summed E-state index contributed by atoms with van der Waals surface area (Å²) in [6.45, 7) is 0. The fourth-order valence-corrected chi connectivity index (χ4v) is 0. The van der Waals surface area contributed by atoms with Crippen molar-refractivity contribution in [2.45, 2.75) is 0 Å². The van der Waals surface area contributed by atoms with Gasteiger partial charge in [-0.3, -0.25) is 0 Å². The second-order valence-electron chi connectivity index (χ2n) is 0.312. The average molecular weight is 198 g/mol. The zero-order valence-electron chi connectivity index (χ0n) is 4.94. The maximum Gasteiger partial charge on any atom is 2.00 e. The van der Waals surface area contributed by atoms with Crippen LogP contribution in [-0.2, 0) is 0 Å². The first-order chi connectivity index (χ1) is 4.24. The molecule has 0 spiro atoms. The van der Waals surface area contributed by atoms with Crippen LogP contribution < -0.4 is 5.73 Å². The molecular weight excluding hydrogens is 196 g/mol. The normalized spacial score (nSPS) is 2.30. The van der Waals surface area contributed by atoms with E-state index >= 15 is 0 Å². The molecule has 2 N–H and O–H groups in total. The Hall–Kier alpha value is 0.150. The van der Waals surface area contributed by atoms with E-state index in [2.05, 4.69) is 30.2 Å². The largest absolute Gasteiger partial charge is 2.00 e. The van der Waals surface area contributed by atoms with Crippen molar-refractivity contribution in [3.8, 4) is 6.19 Å². The molecule has 0 aliphatic rings. The molecule has 0 rings (SSSR count). The average Bonchev–Trinajstić information content (AvgIpc) is 1.70. The van der Waals surface area contributed by atoms with Crippen molar-refractivity contribution >= 4 is 72.5 Å². The van der Waals surface area contributed by atoms with Crippen LogP contribution in [0.4, 0.5) is 0 Å². The molecular formula is C3H2CaN4S2. The minimum absolute atomic E-state index is 0. The first kappa shape index (κ1) is 22.5. The van der Waals surface area contributed by atoms with Gasteiger partial charge in [0.05, 0.1) is 0 Å². The molecule has 7 heteroatoms. The third-order valence-corrected chi connectivity index (χ3v) is 0. The van der Waals surface area contributed by atoms with Crippen molar-refractivity contribution in [2.24, 2.45) is 5.73 Å². The molecule has 0 saturated carbocycles. The van der Waals surface area contributed by atoms with Crippen LogP contribution in [0.25, 0.3) is 10.8 Å². The summed E-state index contributed by atoms with van der Waals surface area (Å²) in [7, 11) is 0. The molecule has 0 aliphatic heterocycles. The molecule has 0 radical (unpaired) electrons. The van der Waals surface area contributed by atoms with Crippen molar-refractivity contribution < 1.29 is 0 Å². The fourth-order valence-electron chi connectivity index (χ4n) is 0. The Morgan fingerprint density at radius 3 is 1.20 bits per heavy atom. The Morgan fingerprint density at radius 2 is 1.20 bits per heavy atom. The number of nitrogens with zero attached hydrogens (tertiary/aromatic N) is 3. The van der Waals surface area contributed by atoms with Gasteiger partial charge in [-0.1, -0.05) is 24.4 Å². The molecule has 10 heavy (non-hydrogen) atoms. The van der Waals surface area contributed by atoms with Gasteiger partial charge in [0.15, 0.2) is 6.19 Å². The number of rotatable bonds is 0. The number of thiocarbonyl (C=S) groups is 2. The number of hydrogen-bond acceptors (Lipinski definition) is 4. The van der Waals surface area contributed by atoms with Crippen LogP contribution in [0.5, 0.6) is 0 Å². The molecule has 0 amide bonds. The van der Waals surface area contributed by atoms with E-state index in [0.717, 1.165) is 0 Å². The van der Waals surface area contributed by atoms with Crippen LogP contribution in [0.1, 0.15) is 0 Å². The second kappa shape index (κ2) is 61.3. The minimum atomic E-state index is 0. The Kier molecular flexibility index (Phi) is 138. The van der Waals surface area contributed by atoms with Gasteiger partial charge in [0.1, 0.15) is 0 Å². The first-order valence-electron chi connectivity index (χ1n) is 1.37. The van der Waals surface area contributed by atoms with Crippen molar-refractivity contribution in [3.05, 3.63) is 10.8 Å². The monoisotopic (exact) mass is 198 g/mol. The molecule has 0 heterocycles. The Labute approximate surface area is 99.4 Å². The van der Waals surface area contributed by atoms with Gasteiger partial charge in [0, 0.05) is 0 Å². The quantitative estimate of drug-likeness (QED) is 0.200. The minimum Gasteiger partial charge on any atom is -0.753 e. The van der Waals surface area contributed by atoms with Crippen LogP contribution in [0.15, 0.2) is 0 Å². The van der Waals surface area contributed by atoms with Gasteiger partial charge in [0.25, 0.3) is 0 Å². The Bertz CT molecular complexity index is 127. The standard InChI is InChI=1S/CH2N2.2CNS.Ca/c3*2-1-3;/h2H2;;;/q;2*-1;+2. The van der Waals surface area contributed by atoms with E-state index in [1.807, 2.05) is 0 Å². The molecule has 0 aromatic rings. The van der Waals surface area contributed by atoms with Crippen molar-refractivity contribution in [3.63, 3.8) is 0 Å². The Balaban J connectivity index is -0.0000000257. The van der Waals surface area contributed by atoms with Gasteiger partial charge >= 0.3 is 37.7 Å². The predicted molar refractivity (Wildman–Crippen MR) is 47.5 cm³/mol. The van der Waals surface area contributed by atoms with Gasteiger partial charge in [-0.2, -0.15) is 15.6 Å². The summed E-state index contributed by atoms with van der Waals surface area (Å²) in [5.41, 5.74) is 4.15. The van der Waals surface area contributed by atoms with Crippen LogP contribution in [0.2, 0.25) is 0 Å². The second-order valence-corrected chi connectivity index (χ2v) is 0.677. The summed E-state index contributed by atoms with van der Waals surface area (Å²) < 4.78 is 0. The zero-order chi connectivity index (χ0) is 8.12. The molecule has 4 nitrogen and oxygen atoms in total. The molecule has 0 aromatic heterocycles. The van der Waals surface area contributed by atoms with E-state index < -0.39 is 0 Å². The molecule has 0 aromatic carbocycles. The Morgan fingerprint density at radius 1 is 1.20 bits per heavy atom. The van der Waals surface area contributed by atoms with Crippen LogP contribution >= 0.6 is 24.4 Å². The van der Waals surface area contributed by atoms with Gasteiger partial charge < -0.3 is 16.6 Å². The summed E-state index contributed by atoms with van der Waals surface area (Å²) in [5.74, 6) is 0. The van der Waals surface area contributed by atoms with Gasteiger partial charge in [0.2, 0.25) is 0 Å². The third-order valence-electron chi connectivity index (χ3n) is 0. The third kappa shape index (κ3) is 18600. The molecule has 0 atom stereocenters. The number of nitriles is 1. The summed E-state index contributed by atoms with van der Waals surface area (Å²) in [5, 5.41) is 24.0. The summed E-state index contributed by atoms with van der Waals surface area (Å²) in [6.07, 6.45) is 1.25. The molecule has 0 bridgehead atoms. The molecule has 0 unspecified atom stereocenters. The summed E-state index contributed by atoms with van der Waals surface area (Å²) in [6, 6.07) is 0. The molecule has 48 valence electrons. The van der Waals surface area contributed by atoms with E-state index in [0.29, 0.717) is 0 Å². The van der Waals surface area contributed by atoms with Gasteiger partial charge in [-0.05, 0) is 0 Å². The van der Waals surface area contributed by atoms with Gasteiger partial charge in [-0.25, -0.2) is 0 Å². The van der Waals surface area contributed by atoms with Crippen molar-refractivity contribution in [2.75, 3.05) is 0 Å². The SMILES string of the molecule is N#CN.[Ca+2].[N-]=C=S.[N-]=C=S. The maximum absolute atomic E-state index is 7.13. The van der Waals surface area contributed by atoms with E-state index in [1.165, 1.54) is 16.5 Å². The van der Waals surface area contributed by atoms with Crippen molar-refractivity contribution in [1.82, 2.24) is 0 Å². The van der Waals surface area contributed by atoms with E-state index in [9.17, 15) is 0 Å². The fraction of sp³-hybridized carbons (Fsp3) is 0. The molecule has 0 aliphatic carbocycles. The zero-order valence-corrected chi connectivity index (χ0v) is 8.78. The number of isothiocyanates is 2. The molecule has 0 saturated heterocycles. The van der Waals surface area contributed by atoms with E-state index in [4.69, 9.17) is 16.1 Å². The van der Waals surface area contributed by atoms with E-state index in [1.54, 1.807) is 0 Å². The summed E-state index contributed by atoms with van der Waals surface area (Å²) >= 11 is 7.40. The van der Waals surface area contributed by atoms with Crippen LogP contribution in [0.3, 0.4) is 0 Å². The van der Waals surface area contributed by atoms with Gasteiger partial charge in [-0.15, -0.1) is 0 Å². The number of hydrogen-bond donors (Lipinski definition) is 1. The van der Waals surface area contributed by atoms with Crippen LogP contribution in [0, 0.1) is 11.5 Å². The smallest absolute Gasteiger partial charge is 0.753 e. The van der Waals surface area contributed by atoms with Crippen molar-refractivity contribution in [1.29, 1.82) is 5.26 Å². The topological polar surface area (TPSA) is 94.4 Å².